The molecule has 12 heteroatoms. The number of nitrogens with two attached hydrogens (primary N) is 2. The van der Waals surface area contributed by atoms with Crippen molar-refractivity contribution in [3.63, 3.8) is 0 Å². The molecule has 6 N–H and O–H groups in total. The van der Waals surface area contributed by atoms with Crippen LogP contribution in [0.1, 0.15) is 49.9 Å². The first-order chi connectivity index (χ1) is 17.1. The minimum Gasteiger partial charge on any atom is -0.482 e. The van der Waals surface area contributed by atoms with Crippen LogP contribution in [0, 0.1) is 0 Å². The molecule has 1 rings (SSSR count). The number of benzene rings is 1. The van der Waals surface area contributed by atoms with Crippen LogP contribution < -0.4 is 26.9 Å². The Balaban J connectivity index is 2.36. The van der Waals surface area contributed by atoms with Crippen LogP contribution in [0.5, 0.6) is 5.75 Å². The van der Waals surface area contributed by atoms with Crippen molar-refractivity contribution < 1.29 is 23.9 Å². The number of hydrogen-bond acceptors (Lipinski definition) is 8. The largest absolute Gasteiger partial charge is 0.482 e. The molecule has 0 aromatic heterocycles. The summed E-state index contributed by atoms with van der Waals surface area (Å²) in [4.78, 5) is 35.9. The van der Waals surface area contributed by atoms with Gasteiger partial charge in [-0.1, -0.05) is 50.0 Å². The number of hydrogen-bond donors (Lipinski definition) is 4. The monoisotopic (exact) mass is 543 g/mol. The molecule has 200 valence electrons. The summed E-state index contributed by atoms with van der Waals surface area (Å²) in [5, 5.41) is 6.69. The lowest BCUT2D eigenvalue weighted by Gasteiger charge is -2.16. The number of nitrogens with one attached hydrogen (secondary N) is 2. The lowest BCUT2D eigenvalue weighted by Crippen LogP contribution is -2.35. The Labute approximate surface area is 221 Å². The third-order valence-corrected chi connectivity index (χ3v) is 5.68. The Morgan fingerprint density at radius 2 is 1.86 bits per heavy atom. The number of ether oxygens (including phenoxy) is 2. The summed E-state index contributed by atoms with van der Waals surface area (Å²) >= 11 is 12.4. The first kappa shape index (κ1) is 31.1. The fourth-order valence-corrected chi connectivity index (χ4v) is 3.17. The van der Waals surface area contributed by atoms with E-state index in [0.29, 0.717) is 43.8 Å². The molecule has 10 nitrogen and oxygen atoms in total. The molecule has 2 amide bonds. The van der Waals surface area contributed by atoms with Crippen LogP contribution >= 0.6 is 23.2 Å². The molecule has 0 unspecified atom stereocenters. The van der Waals surface area contributed by atoms with Crippen molar-refractivity contribution in [2.75, 3.05) is 32.8 Å². The Kier molecular flexibility index (Phi) is 14.4. The second-order valence-corrected chi connectivity index (χ2v) is 8.56. The van der Waals surface area contributed by atoms with Gasteiger partial charge in [0.1, 0.15) is 10.8 Å². The van der Waals surface area contributed by atoms with Crippen LogP contribution in [0.4, 0.5) is 4.79 Å². The molecule has 1 aromatic rings. The quantitative estimate of drug-likeness (QED) is 0.0812. The van der Waals surface area contributed by atoms with Gasteiger partial charge >= 0.3 is 6.09 Å². The van der Waals surface area contributed by atoms with E-state index in [9.17, 15) is 14.4 Å². The number of amides is 2. The molecular formula is C24H35Cl2N5O5. The summed E-state index contributed by atoms with van der Waals surface area (Å²) in [5.74, 6) is 5.39. The Hall–Kier alpha value is -2.95. The van der Waals surface area contributed by atoms with E-state index in [1.54, 1.807) is 0 Å². The van der Waals surface area contributed by atoms with Crippen molar-refractivity contribution in [1.29, 1.82) is 0 Å². The number of carbonyl (C=O) groups is 3. The number of ketones is 1. The average Bonchev–Trinajstić information content (AvgIpc) is 2.85. The summed E-state index contributed by atoms with van der Waals surface area (Å²) in [7, 11) is 0. The molecule has 36 heavy (non-hydrogen) atoms. The Morgan fingerprint density at radius 1 is 1.14 bits per heavy atom. The Bertz CT molecular complexity index is 955. The number of alkyl carbamates (subject to hydrolysis) is 1. The lowest BCUT2D eigenvalue weighted by molar-refractivity contribution is -0.123. The van der Waals surface area contributed by atoms with Gasteiger partial charge in [-0.05, 0) is 37.0 Å². The van der Waals surface area contributed by atoms with Gasteiger partial charge in [0.25, 0.3) is 5.91 Å². The van der Waals surface area contributed by atoms with Gasteiger partial charge in [-0.2, -0.15) is 0 Å². The van der Waals surface area contributed by atoms with E-state index in [2.05, 4.69) is 17.2 Å². The number of rotatable bonds is 16. The van der Waals surface area contributed by atoms with Crippen molar-refractivity contribution in [2.24, 2.45) is 11.6 Å². The summed E-state index contributed by atoms with van der Waals surface area (Å²) in [5.41, 5.74) is 6.83. The average molecular weight is 544 g/mol. The lowest BCUT2D eigenvalue weighted by atomic mass is 10.0. The van der Waals surface area contributed by atoms with Gasteiger partial charge in [0.05, 0.1) is 18.2 Å². The molecule has 0 aliphatic rings. The van der Waals surface area contributed by atoms with E-state index in [1.165, 1.54) is 23.3 Å². The number of halogens is 2. The zero-order chi connectivity index (χ0) is 27.1. The smallest absolute Gasteiger partial charge is 0.407 e. The molecule has 0 aliphatic heterocycles. The van der Waals surface area contributed by atoms with Gasteiger partial charge in [-0.3, -0.25) is 9.59 Å². The predicted octanol–water partition coefficient (Wildman–Crippen LogP) is 3.53. The summed E-state index contributed by atoms with van der Waals surface area (Å²) < 4.78 is 10.4. The van der Waals surface area contributed by atoms with Crippen molar-refractivity contribution in [3.05, 3.63) is 51.8 Å². The van der Waals surface area contributed by atoms with E-state index in [4.69, 9.17) is 44.3 Å². The standard InChI is InChI=1S/C24H35Cl2N5O5/c1-4-6-12-35-24(34)30-13-17(27)14-31(28)11-7-10-29-20(32)15-36-19-9-8-18(21(25)22(19)26)23(33)16(3)5-2/h8-9,14H,3-7,10-13,15,27-28H2,1-2H3,(H,29,32)(H,30,34)/b17-14-. The highest BCUT2D eigenvalue weighted by atomic mass is 35.5. The van der Waals surface area contributed by atoms with E-state index >= 15 is 0 Å². The Morgan fingerprint density at radius 3 is 2.53 bits per heavy atom. The highest BCUT2D eigenvalue weighted by Gasteiger charge is 2.18. The summed E-state index contributed by atoms with van der Waals surface area (Å²) in [6, 6.07) is 2.98. The molecule has 0 bridgehead atoms. The van der Waals surface area contributed by atoms with E-state index in [-0.39, 0.29) is 46.2 Å². The van der Waals surface area contributed by atoms with Gasteiger partial charge in [0.15, 0.2) is 12.4 Å². The number of nitrogens with zero attached hydrogens (tertiary/aromatic N) is 1. The molecule has 0 spiro atoms. The third kappa shape index (κ3) is 11.2. The molecule has 0 saturated heterocycles. The topological polar surface area (TPSA) is 149 Å². The summed E-state index contributed by atoms with van der Waals surface area (Å²) in [6.45, 7) is 8.44. The molecule has 1 aromatic carbocycles. The van der Waals surface area contributed by atoms with Crippen LogP contribution in [-0.2, 0) is 9.53 Å². The predicted molar refractivity (Wildman–Crippen MR) is 141 cm³/mol. The van der Waals surface area contributed by atoms with Gasteiger partial charge in [-0.15, -0.1) is 0 Å². The number of carbonyl (C=O) groups excluding carboxylic acids is 3. The van der Waals surface area contributed by atoms with Gasteiger partial charge in [0, 0.05) is 30.5 Å². The normalized spacial score (nSPS) is 11.0. The van der Waals surface area contributed by atoms with E-state index in [1.807, 2.05) is 13.8 Å². The number of allylic oxidation sites excluding steroid dienone is 1. The van der Waals surface area contributed by atoms with Crippen molar-refractivity contribution in [2.45, 2.75) is 39.5 Å². The third-order valence-electron chi connectivity index (χ3n) is 4.81. The molecule has 0 radical (unpaired) electrons. The number of hydrazine groups is 1. The number of unbranched alkanes of at least 4 members (excludes halogenated alkanes) is 1. The van der Waals surface area contributed by atoms with Gasteiger partial charge < -0.3 is 30.8 Å². The number of Topliss-reactive ketones (excluding diaryl/α,β-unsaturated/α-hetero) is 1. The zero-order valence-corrected chi connectivity index (χ0v) is 22.2. The van der Waals surface area contributed by atoms with Crippen molar-refractivity contribution in [1.82, 2.24) is 15.6 Å². The highest BCUT2D eigenvalue weighted by Crippen LogP contribution is 2.35. The second kappa shape index (κ2) is 16.7. The first-order valence-electron chi connectivity index (χ1n) is 11.6. The molecule has 0 heterocycles. The highest BCUT2D eigenvalue weighted by molar-refractivity contribution is 6.45. The van der Waals surface area contributed by atoms with E-state index in [0.717, 1.165) is 12.8 Å². The van der Waals surface area contributed by atoms with Crippen LogP contribution in [0.2, 0.25) is 10.0 Å². The van der Waals surface area contributed by atoms with Crippen molar-refractivity contribution in [3.8, 4) is 5.75 Å². The SMILES string of the molecule is C=C(CC)C(=O)c1ccc(OCC(=O)NCCCN(N)/C=C(\N)CNC(=O)OCCCC)c(Cl)c1Cl. The maximum Gasteiger partial charge on any atom is 0.407 e. The molecule has 0 aliphatic carbocycles. The maximum atomic E-state index is 12.3. The van der Waals surface area contributed by atoms with Crippen LogP contribution in [-0.4, -0.2) is 55.6 Å². The fraction of sp³-hybridized carbons (Fsp3) is 0.458. The molecule has 0 saturated carbocycles. The minimum absolute atomic E-state index is 0.0473. The van der Waals surface area contributed by atoms with Crippen LogP contribution in [0.15, 0.2) is 36.2 Å². The molecular weight excluding hydrogens is 509 g/mol. The van der Waals surface area contributed by atoms with Crippen LogP contribution in [0.3, 0.4) is 0 Å². The maximum absolute atomic E-state index is 12.3. The van der Waals surface area contributed by atoms with E-state index < -0.39 is 6.09 Å². The molecule has 0 fully saturated rings. The fourth-order valence-electron chi connectivity index (χ4n) is 2.71. The van der Waals surface area contributed by atoms with Crippen molar-refractivity contribution >= 4 is 41.0 Å². The second-order valence-electron chi connectivity index (χ2n) is 7.80. The zero-order valence-electron chi connectivity index (χ0n) is 20.7. The minimum atomic E-state index is -0.538. The first-order valence-corrected chi connectivity index (χ1v) is 12.3. The van der Waals surface area contributed by atoms with Gasteiger partial charge in [-0.25, -0.2) is 10.6 Å². The van der Waals surface area contributed by atoms with Crippen LogP contribution in [0.25, 0.3) is 0 Å². The molecule has 0 atom stereocenters. The van der Waals surface area contributed by atoms with Gasteiger partial charge in [0.2, 0.25) is 0 Å². The summed E-state index contributed by atoms with van der Waals surface area (Å²) in [6.07, 6.45) is 3.70.